The van der Waals surface area contributed by atoms with Crippen molar-refractivity contribution in [3.63, 3.8) is 0 Å². The van der Waals surface area contributed by atoms with E-state index in [9.17, 15) is 13.2 Å². The molecule has 0 saturated carbocycles. The molecule has 0 aliphatic rings. The highest BCUT2D eigenvalue weighted by atomic mass is 127. The van der Waals surface area contributed by atoms with Crippen molar-refractivity contribution < 1.29 is 13.2 Å². The zero-order valence-corrected chi connectivity index (χ0v) is 13.7. The number of anilines is 2. The van der Waals surface area contributed by atoms with Gasteiger partial charge in [-0.2, -0.15) is 0 Å². The number of halogens is 1. The molecular formula is C13H12IN3O3S. The monoisotopic (exact) mass is 417 g/mol. The number of rotatable bonds is 4. The summed E-state index contributed by atoms with van der Waals surface area (Å²) in [5, 5.41) is 0. The molecule has 2 rings (SSSR count). The number of primary amides is 1. The zero-order chi connectivity index (χ0) is 15.6. The van der Waals surface area contributed by atoms with Crippen LogP contribution in [-0.2, 0) is 10.0 Å². The number of amides is 1. The van der Waals surface area contributed by atoms with Crippen LogP contribution in [-0.4, -0.2) is 14.3 Å². The number of benzene rings is 2. The van der Waals surface area contributed by atoms with E-state index in [-0.39, 0.29) is 16.1 Å². The fraction of sp³-hybridized carbons (Fsp3) is 0. The molecule has 0 spiro atoms. The van der Waals surface area contributed by atoms with E-state index in [4.69, 9.17) is 11.5 Å². The molecule has 0 aromatic heterocycles. The number of carbonyl (C=O) groups excluding carboxylic acids is 1. The lowest BCUT2D eigenvalue weighted by Crippen LogP contribution is -2.16. The van der Waals surface area contributed by atoms with Gasteiger partial charge in [0.1, 0.15) is 4.90 Å². The van der Waals surface area contributed by atoms with Gasteiger partial charge in [-0.15, -0.1) is 0 Å². The van der Waals surface area contributed by atoms with Gasteiger partial charge >= 0.3 is 0 Å². The molecular weight excluding hydrogens is 405 g/mol. The van der Waals surface area contributed by atoms with Crippen molar-refractivity contribution >= 4 is 49.9 Å². The van der Waals surface area contributed by atoms with Gasteiger partial charge in [-0.1, -0.05) is 6.07 Å². The third-order valence-corrected chi connectivity index (χ3v) is 4.79. The summed E-state index contributed by atoms with van der Waals surface area (Å²) in [7, 11) is -3.83. The maximum atomic E-state index is 12.3. The van der Waals surface area contributed by atoms with E-state index in [0.717, 1.165) is 3.57 Å². The Morgan fingerprint density at radius 3 is 2.43 bits per heavy atom. The molecule has 5 N–H and O–H groups in total. The Bertz CT molecular complexity index is 806. The second kappa shape index (κ2) is 5.90. The summed E-state index contributed by atoms with van der Waals surface area (Å²) in [6.45, 7) is 0. The summed E-state index contributed by atoms with van der Waals surface area (Å²) in [6, 6.07) is 10.7. The number of hydrogen-bond acceptors (Lipinski definition) is 4. The van der Waals surface area contributed by atoms with Crippen LogP contribution in [0.1, 0.15) is 10.4 Å². The SMILES string of the molecule is NC(=O)c1ccc(S(=O)(=O)Nc2cccc(I)c2)c(N)c1. The molecule has 2 aromatic rings. The number of nitrogens with two attached hydrogens (primary N) is 2. The van der Waals surface area contributed by atoms with Gasteiger partial charge in [0.2, 0.25) is 5.91 Å². The molecule has 0 atom stereocenters. The van der Waals surface area contributed by atoms with Crippen molar-refractivity contribution in [1.29, 1.82) is 0 Å². The Morgan fingerprint density at radius 2 is 1.86 bits per heavy atom. The second-order valence-corrected chi connectivity index (χ2v) is 7.13. The average molecular weight is 417 g/mol. The molecule has 0 fully saturated rings. The second-order valence-electron chi connectivity index (χ2n) is 4.23. The molecule has 0 unspecified atom stereocenters. The fourth-order valence-corrected chi connectivity index (χ4v) is 3.42. The van der Waals surface area contributed by atoms with Crippen LogP contribution >= 0.6 is 22.6 Å². The Morgan fingerprint density at radius 1 is 1.14 bits per heavy atom. The number of sulfonamides is 1. The first-order valence-corrected chi connectivity index (χ1v) is 8.33. The third kappa shape index (κ3) is 3.64. The Labute approximate surface area is 135 Å². The van der Waals surface area contributed by atoms with Gasteiger partial charge < -0.3 is 11.5 Å². The van der Waals surface area contributed by atoms with Crippen molar-refractivity contribution in [2.45, 2.75) is 4.90 Å². The lowest BCUT2D eigenvalue weighted by molar-refractivity contribution is 0.1000. The van der Waals surface area contributed by atoms with Gasteiger partial charge in [0.25, 0.3) is 10.0 Å². The summed E-state index contributed by atoms with van der Waals surface area (Å²) in [4.78, 5) is 10.9. The van der Waals surface area contributed by atoms with Crippen LogP contribution < -0.4 is 16.2 Å². The van der Waals surface area contributed by atoms with Crippen molar-refractivity contribution in [3.8, 4) is 0 Å². The molecule has 2 aromatic carbocycles. The third-order valence-electron chi connectivity index (χ3n) is 2.66. The predicted octanol–water partition coefficient (Wildman–Crippen LogP) is 1.77. The molecule has 8 heteroatoms. The van der Waals surface area contributed by atoms with E-state index in [1.807, 2.05) is 6.07 Å². The lowest BCUT2D eigenvalue weighted by Gasteiger charge is -2.11. The highest BCUT2D eigenvalue weighted by Gasteiger charge is 2.18. The number of nitrogens with one attached hydrogen (secondary N) is 1. The molecule has 110 valence electrons. The number of hydrogen-bond donors (Lipinski definition) is 3. The van der Waals surface area contributed by atoms with Crippen LogP contribution in [0.5, 0.6) is 0 Å². The molecule has 0 heterocycles. The van der Waals surface area contributed by atoms with Gasteiger partial charge in [0.15, 0.2) is 0 Å². The Hall–Kier alpha value is -1.81. The predicted molar refractivity (Wildman–Crippen MR) is 89.3 cm³/mol. The summed E-state index contributed by atoms with van der Waals surface area (Å²) in [5.41, 5.74) is 11.4. The first-order valence-electron chi connectivity index (χ1n) is 5.77. The van der Waals surface area contributed by atoms with Crippen LogP contribution in [0.2, 0.25) is 0 Å². The van der Waals surface area contributed by atoms with E-state index >= 15 is 0 Å². The minimum Gasteiger partial charge on any atom is -0.398 e. The topological polar surface area (TPSA) is 115 Å². The summed E-state index contributed by atoms with van der Waals surface area (Å²) < 4.78 is 27.9. The van der Waals surface area contributed by atoms with Crippen molar-refractivity contribution in [1.82, 2.24) is 0 Å². The smallest absolute Gasteiger partial charge is 0.263 e. The average Bonchev–Trinajstić information content (AvgIpc) is 2.37. The molecule has 1 amide bonds. The van der Waals surface area contributed by atoms with Crippen LogP contribution in [0.3, 0.4) is 0 Å². The van der Waals surface area contributed by atoms with Crippen molar-refractivity contribution in [3.05, 3.63) is 51.6 Å². The Kier molecular flexibility index (Phi) is 4.37. The van der Waals surface area contributed by atoms with E-state index in [2.05, 4.69) is 27.3 Å². The molecule has 0 radical (unpaired) electrons. The van der Waals surface area contributed by atoms with Crippen molar-refractivity contribution in [2.75, 3.05) is 10.5 Å². The first kappa shape index (κ1) is 15.6. The first-order chi connectivity index (χ1) is 9.79. The van der Waals surface area contributed by atoms with Crippen LogP contribution in [0.4, 0.5) is 11.4 Å². The molecule has 0 aliphatic heterocycles. The quantitative estimate of drug-likeness (QED) is 0.520. The maximum Gasteiger partial charge on any atom is 0.263 e. The molecule has 21 heavy (non-hydrogen) atoms. The lowest BCUT2D eigenvalue weighted by atomic mass is 10.2. The molecule has 0 bridgehead atoms. The zero-order valence-electron chi connectivity index (χ0n) is 10.7. The highest BCUT2D eigenvalue weighted by Crippen LogP contribution is 2.23. The standard InChI is InChI=1S/C13H12IN3O3S/c14-9-2-1-3-10(7-9)17-21(19,20)12-5-4-8(13(16)18)6-11(12)15/h1-7,17H,15H2,(H2,16,18). The molecule has 0 aliphatic carbocycles. The van der Waals surface area contributed by atoms with E-state index in [0.29, 0.717) is 5.69 Å². The fourth-order valence-electron chi connectivity index (χ4n) is 1.71. The Balaban J connectivity index is 2.38. The highest BCUT2D eigenvalue weighted by molar-refractivity contribution is 14.1. The minimum atomic E-state index is -3.83. The van der Waals surface area contributed by atoms with Gasteiger partial charge in [-0.25, -0.2) is 8.42 Å². The molecule has 0 saturated heterocycles. The number of carbonyl (C=O) groups is 1. The summed E-state index contributed by atoms with van der Waals surface area (Å²) in [6.07, 6.45) is 0. The minimum absolute atomic E-state index is 0.0376. The van der Waals surface area contributed by atoms with Gasteiger partial charge in [0, 0.05) is 14.8 Å². The maximum absolute atomic E-state index is 12.3. The van der Waals surface area contributed by atoms with Gasteiger partial charge in [-0.3, -0.25) is 9.52 Å². The van der Waals surface area contributed by atoms with Crippen LogP contribution in [0.15, 0.2) is 47.4 Å². The normalized spacial score (nSPS) is 11.1. The summed E-state index contributed by atoms with van der Waals surface area (Å²) >= 11 is 2.08. The van der Waals surface area contributed by atoms with E-state index in [1.165, 1.54) is 18.2 Å². The van der Waals surface area contributed by atoms with Gasteiger partial charge in [-0.05, 0) is 59.0 Å². The van der Waals surface area contributed by atoms with Crippen molar-refractivity contribution in [2.24, 2.45) is 5.73 Å². The largest absolute Gasteiger partial charge is 0.398 e. The number of nitrogen functional groups attached to an aromatic ring is 1. The van der Waals surface area contributed by atoms with Crippen LogP contribution in [0, 0.1) is 3.57 Å². The molecule has 6 nitrogen and oxygen atoms in total. The van der Waals surface area contributed by atoms with Crippen LogP contribution in [0.25, 0.3) is 0 Å². The van der Waals surface area contributed by atoms with E-state index < -0.39 is 15.9 Å². The van der Waals surface area contributed by atoms with Gasteiger partial charge in [0.05, 0.1) is 5.69 Å². The van der Waals surface area contributed by atoms with E-state index in [1.54, 1.807) is 18.2 Å². The summed E-state index contributed by atoms with van der Waals surface area (Å²) in [5.74, 6) is -0.670.